The second-order valence-electron chi connectivity index (χ2n) is 2.52. The summed E-state index contributed by atoms with van der Waals surface area (Å²) >= 11 is 2.95. The molecule has 1 aromatic carbocycles. The number of benzene rings is 1. The van der Waals surface area contributed by atoms with Gasteiger partial charge in [0.05, 0.1) is 0 Å². The molecule has 1 rings (SSSR count). The summed E-state index contributed by atoms with van der Waals surface area (Å²) < 4.78 is 12.5. The topological polar surface area (TPSA) is 49.9 Å². The first kappa shape index (κ1) is 11.4. The van der Waals surface area contributed by atoms with Crippen molar-refractivity contribution in [3.8, 4) is 0 Å². The molecule has 0 saturated carbocycles. The minimum absolute atomic E-state index is 0.143. The fraction of sp³-hybridized carbons (Fsp3) is 0.222. The Labute approximate surface area is 91.0 Å². The number of nitrogens with two attached hydrogens (primary N) is 1. The van der Waals surface area contributed by atoms with E-state index in [2.05, 4.69) is 0 Å². The van der Waals surface area contributed by atoms with Crippen LogP contribution in [0.25, 0.3) is 0 Å². The molecule has 0 aromatic heterocycles. The van der Waals surface area contributed by atoms with Crippen LogP contribution in [0.15, 0.2) is 29.2 Å². The Morgan fingerprint density at radius 1 is 1.29 bits per heavy atom. The molecule has 14 heavy (non-hydrogen) atoms. The highest BCUT2D eigenvalue weighted by molar-refractivity contribution is 8.14. The largest absolute Gasteiger partial charge is 0.379 e. The van der Waals surface area contributed by atoms with Gasteiger partial charge in [0.15, 0.2) is 5.17 Å². The van der Waals surface area contributed by atoms with E-state index in [-0.39, 0.29) is 11.0 Å². The SMILES string of the molecule is N=C(N)SCCSc1ccc(F)cc1. The predicted molar refractivity (Wildman–Crippen MR) is 61.5 cm³/mol. The van der Waals surface area contributed by atoms with Crippen LogP contribution in [0.5, 0.6) is 0 Å². The Morgan fingerprint density at radius 2 is 1.93 bits per heavy atom. The average Bonchev–Trinajstić information content (AvgIpc) is 2.15. The van der Waals surface area contributed by atoms with Crippen molar-refractivity contribution in [2.45, 2.75) is 4.90 Å². The first-order chi connectivity index (χ1) is 6.68. The number of thioether (sulfide) groups is 2. The Bertz CT molecular complexity index is 300. The second kappa shape index (κ2) is 5.93. The van der Waals surface area contributed by atoms with E-state index in [4.69, 9.17) is 11.1 Å². The zero-order valence-corrected chi connectivity index (χ0v) is 9.13. The molecule has 0 heterocycles. The van der Waals surface area contributed by atoms with Crippen LogP contribution in [-0.4, -0.2) is 16.7 Å². The van der Waals surface area contributed by atoms with Gasteiger partial charge in [-0.1, -0.05) is 11.8 Å². The monoisotopic (exact) mass is 230 g/mol. The summed E-state index contributed by atoms with van der Waals surface area (Å²) in [5.41, 5.74) is 5.18. The summed E-state index contributed by atoms with van der Waals surface area (Å²) in [7, 11) is 0. The molecule has 0 bridgehead atoms. The van der Waals surface area contributed by atoms with Crippen molar-refractivity contribution in [2.75, 3.05) is 11.5 Å². The lowest BCUT2D eigenvalue weighted by Gasteiger charge is -2.00. The van der Waals surface area contributed by atoms with Crippen LogP contribution < -0.4 is 5.73 Å². The van der Waals surface area contributed by atoms with Crippen molar-refractivity contribution in [2.24, 2.45) is 5.73 Å². The van der Waals surface area contributed by atoms with Crippen molar-refractivity contribution in [1.82, 2.24) is 0 Å². The van der Waals surface area contributed by atoms with Gasteiger partial charge < -0.3 is 5.73 Å². The Balaban J connectivity index is 2.25. The van der Waals surface area contributed by atoms with Gasteiger partial charge in [-0.15, -0.1) is 11.8 Å². The minimum Gasteiger partial charge on any atom is -0.379 e. The molecule has 0 radical (unpaired) electrons. The van der Waals surface area contributed by atoms with Crippen molar-refractivity contribution >= 4 is 28.7 Å². The van der Waals surface area contributed by atoms with Gasteiger partial charge in [-0.05, 0) is 24.3 Å². The fourth-order valence-electron chi connectivity index (χ4n) is 0.842. The molecule has 3 N–H and O–H groups in total. The van der Waals surface area contributed by atoms with Crippen molar-refractivity contribution < 1.29 is 4.39 Å². The minimum atomic E-state index is -0.215. The molecule has 0 unspecified atom stereocenters. The van der Waals surface area contributed by atoms with Crippen LogP contribution in [0.3, 0.4) is 0 Å². The van der Waals surface area contributed by atoms with Crippen LogP contribution in [-0.2, 0) is 0 Å². The van der Waals surface area contributed by atoms with Gasteiger partial charge in [-0.3, -0.25) is 5.41 Å². The Morgan fingerprint density at radius 3 is 2.50 bits per heavy atom. The Hall–Kier alpha value is -0.680. The van der Waals surface area contributed by atoms with Gasteiger partial charge in [0.2, 0.25) is 0 Å². The molecule has 5 heteroatoms. The highest BCUT2D eigenvalue weighted by Crippen LogP contribution is 2.19. The van der Waals surface area contributed by atoms with Gasteiger partial charge >= 0.3 is 0 Å². The number of halogens is 1. The molecule has 2 nitrogen and oxygen atoms in total. The number of amidine groups is 1. The average molecular weight is 230 g/mol. The van der Waals surface area contributed by atoms with E-state index in [0.717, 1.165) is 16.4 Å². The third-order valence-electron chi connectivity index (χ3n) is 1.42. The van der Waals surface area contributed by atoms with E-state index in [9.17, 15) is 4.39 Å². The molecule has 0 fully saturated rings. The van der Waals surface area contributed by atoms with E-state index < -0.39 is 0 Å². The number of nitrogens with one attached hydrogen (secondary N) is 1. The number of hydrogen-bond donors (Lipinski definition) is 2. The molecule has 0 aliphatic heterocycles. The van der Waals surface area contributed by atoms with E-state index in [1.165, 1.54) is 23.9 Å². The molecular formula is C9H11FN2S2. The first-order valence-electron chi connectivity index (χ1n) is 4.03. The van der Waals surface area contributed by atoms with Gasteiger partial charge in [0.1, 0.15) is 5.82 Å². The molecule has 0 atom stereocenters. The van der Waals surface area contributed by atoms with Crippen molar-refractivity contribution in [3.05, 3.63) is 30.1 Å². The molecule has 0 amide bonds. The summed E-state index contributed by atoms with van der Waals surface area (Å²) in [6.07, 6.45) is 0. The molecule has 0 saturated heterocycles. The summed E-state index contributed by atoms with van der Waals surface area (Å²) in [6.45, 7) is 0. The third-order valence-corrected chi connectivity index (χ3v) is 3.41. The second-order valence-corrected chi connectivity index (χ2v) is 4.82. The van der Waals surface area contributed by atoms with E-state index >= 15 is 0 Å². The van der Waals surface area contributed by atoms with Crippen LogP contribution in [0.1, 0.15) is 0 Å². The van der Waals surface area contributed by atoms with Crippen LogP contribution in [0.4, 0.5) is 4.39 Å². The van der Waals surface area contributed by atoms with Gasteiger partial charge in [-0.25, -0.2) is 4.39 Å². The van der Waals surface area contributed by atoms with Gasteiger partial charge in [0.25, 0.3) is 0 Å². The normalized spacial score (nSPS) is 10.1. The smallest absolute Gasteiger partial charge is 0.151 e. The van der Waals surface area contributed by atoms with Crippen LogP contribution in [0.2, 0.25) is 0 Å². The molecule has 0 aliphatic rings. The number of rotatable bonds is 4. The van der Waals surface area contributed by atoms with Gasteiger partial charge in [0, 0.05) is 16.4 Å². The molecule has 76 valence electrons. The summed E-state index contributed by atoms with van der Waals surface area (Å²) in [4.78, 5) is 1.04. The maximum absolute atomic E-state index is 12.5. The maximum atomic E-state index is 12.5. The lowest BCUT2D eigenvalue weighted by Crippen LogP contribution is -2.05. The van der Waals surface area contributed by atoms with Gasteiger partial charge in [-0.2, -0.15) is 0 Å². The standard InChI is InChI=1S/C9H11FN2S2/c10-7-1-3-8(4-2-7)13-5-6-14-9(11)12/h1-4H,5-6H2,(H3,11,12). The number of hydrogen-bond acceptors (Lipinski definition) is 3. The van der Waals surface area contributed by atoms with E-state index in [1.807, 2.05) is 0 Å². The maximum Gasteiger partial charge on any atom is 0.151 e. The molecular weight excluding hydrogens is 219 g/mol. The molecule has 1 aromatic rings. The van der Waals surface area contributed by atoms with Crippen molar-refractivity contribution in [3.63, 3.8) is 0 Å². The summed E-state index contributed by atoms with van der Waals surface area (Å²) in [5.74, 6) is 1.46. The first-order valence-corrected chi connectivity index (χ1v) is 6.01. The van der Waals surface area contributed by atoms with E-state index in [0.29, 0.717) is 0 Å². The quantitative estimate of drug-likeness (QED) is 0.362. The molecule has 0 spiro atoms. The summed E-state index contributed by atoms with van der Waals surface area (Å²) in [6, 6.07) is 6.39. The third kappa shape index (κ3) is 4.53. The Kier molecular flexibility index (Phi) is 4.82. The van der Waals surface area contributed by atoms with E-state index in [1.54, 1.807) is 23.9 Å². The highest BCUT2D eigenvalue weighted by Gasteiger charge is 1.96. The van der Waals surface area contributed by atoms with Crippen LogP contribution >= 0.6 is 23.5 Å². The molecule has 0 aliphatic carbocycles. The predicted octanol–water partition coefficient (Wildman–Crippen LogP) is 2.54. The highest BCUT2D eigenvalue weighted by atomic mass is 32.2. The summed E-state index contributed by atoms with van der Waals surface area (Å²) in [5, 5.41) is 7.13. The van der Waals surface area contributed by atoms with Crippen LogP contribution in [0, 0.1) is 11.2 Å². The van der Waals surface area contributed by atoms with Crippen molar-refractivity contribution in [1.29, 1.82) is 5.41 Å². The fourth-order valence-corrected chi connectivity index (χ4v) is 2.29. The zero-order valence-electron chi connectivity index (χ0n) is 7.50. The zero-order chi connectivity index (χ0) is 10.4. The lowest BCUT2D eigenvalue weighted by atomic mass is 10.4. The lowest BCUT2D eigenvalue weighted by molar-refractivity contribution is 0.626.